The van der Waals surface area contributed by atoms with E-state index in [-0.39, 0.29) is 5.41 Å². The molecule has 0 nitrogen and oxygen atoms in total. The fraction of sp³-hybridized carbons (Fsp3) is 0.217. The lowest BCUT2D eigenvalue weighted by molar-refractivity contribution is 0.381. The highest BCUT2D eigenvalue weighted by molar-refractivity contribution is 5.54. The molecule has 0 N–H and O–H groups in total. The van der Waals surface area contributed by atoms with Gasteiger partial charge in [0.2, 0.25) is 0 Å². The summed E-state index contributed by atoms with van der Waals surface area (Å²) in [6.45, 7) is 4.82. The average molecular weight is 298 g/mol. The highest BCUT2D eigenvalue weighted by atomic mass is 14.5. The molecule has 1 aliphatic rings. The fourth-order valence-electron chi connectivity index (χ4n) is 4.42. The molecule has 0 heteroatoms. The quantitative estimate of drug-likeness (QED) is 0.563. The van der Waals surface area contributed by atoms with Gasteiger partial charge in [0.1, 0.15) is 0 Å². The van der Waals surface area contributed by atoms with E-state index < -0.39 is 0 Å². The van der Waals surface area contributed by atoms with Gasteiger partial charge in [0.15, 0.2) is 0 Å². The summed E-state index contributed by atoms with van der Waals surface area (Å²) in [5.74, 6) is 0.974. The average Bonchev–Trinajstić information content (AvgIpc) is 2.86. The molecule has 0 fully saturated rings. The lowest BCUT2D eigenvalue weighted by Crippen LogP contribution is -2.29. The summed E-state index contributed by atoms with van der Waals surface area (Å²) >= 11 is 0. The predicted molar refractivity (Wildman–Crippen MR) is 96.8 cm³/mol. The van der Waals surface area contributed by atoms with Gasteiger partial charge in [-0.05, 0) is 28.2 Å². The summed E-state index contributed by atoms with van der Waals surface area (Å²) < 4.78 is 0. The maximum atomic E-state index is 2.41. The minimum absolute atomic E-state index is 0.0539. The predicted octanol–water partition coefficient (Wildman–Crippen LogP) is 5.77. The molecule has 23 heavy (non-hydrogen) atoms. The normalized spacial score (nSPS) is 26.0. The van der Waals surface area contributed by atoms with Crippen LogP contribution in [0.3, 0.4) is 0 Å². The van der Waals surface area contributed by atoms with Crippen molar-refractivity contribution in [2.24, 2.45) is 5.92 Å². The molecule has 114 valence electrons. The van der Waals surface area contributed by atoms with Gasteiger partial charge in [-0.1, -0.05) is 98.8 Å². The van der Waals surface area contributed by atoms with E-state index in [9.17, 15) is 0 Å². The van der Waals surface area contributed by atoms with Crippen LogP contribution in [-0.4, -0.2) is 0 Å². The summed E-state index contributed by atoms with van der Waals surface area (Å²) in [6, 6.07) is 30.9. The summed E-state index contributed by atoms with van der Waals surface area (Å²) in [5.41, 5.74) is 5.86. The highest BCUT2D eigenvalue weighted by Crippen LogP contribution is 2.55. The first-order valence-electron chi connectivity index (χ1n) is 8.43. The van der Waals surface area contributed by atoms with Crippen molar-refractivity contribution in [3.05, 3.63) is 107 Å². The first kappa shape index (κ1) is 14.3. The Bertz CT molecular complexity index is 804. The van der Waals surface area contributed by atoms with Gasteiger partial charge in [-0.25, -0.2) is 0 Å². The molecule has 0 aliphatic heterocycles. The van der Waals surface area contributed by atoms with Crippen molar-refractivity contribution < 1.29 is 0 Å². The number of benzene rings is 3. The number of hydrogen-bond donors (Lipinski definition) is 0. The lowest BCUT2D eigenvalue weighted by atomic mass is 9.69. The largest absolute Gasteiger partial charge is 0.0622 e. The molecular formula is C23H22. The Morgan fingerprint density at radius 3 is 1.96 bits per heavy atom. The molecule has 3 aromatic rings. The van der Waals surface area contributed by atoms with Gasteiger partial charge in [0.05, 0.1) is 0 Å². The van der Waals surface area contributed by atoms with E-state index in [1.807, 2.05) is 0 Å². The van der Waals surface area contributed by atoms with Gasteiger partial charge in [-0.15, -0.1) is 0 Å². The zero-order chi connectivity index (χ0) is 15.9. The van der Waals surface area contributed by atoms with Crippen LogP contribution >= 0.6 is 0 Å². The Morgan fingerprint density at radius 2 is 1.26 bits per heavy atom. The van der Waals surface area contributed by atoms with E-state index in [4.69, 9.17) is 0 Å². The summed E-state index contributed by atoms with van der Waals surface area (Å²) in [7, 11) is 0. The minimum atomic E-state index is 0.0539. The van der Waals surface area contributed by atoms with E-state index in [0.717, 1.165) is 0 Å². The molecule has 0 radical (unpaired) electrons. The molecule has 0 aromatic heterocycles. The zero-order valence-electron chi connectivity index (χ0n) is 13.7. The Labute approximate surface area is 138 Å². The molecule has 0 heterocycles. The van der Waals surface area contributed by atoms with Crippen LogP contribution in [0, 0.1) is 5.92 Å². The standard InChI is InChI=1S/C23H22/c1-17-22(18-11-5-3-6-12-18)20-15-9-10-16-21(20)23(17,2)19-13-7-4-8-14-19/h3-17,22H,1-2H3/t17-,22+,23-/m0/s1. The third-order valence-electron chi connectivity index (χ3n) is 5.80. The third-order valence-corrected chi connectivity index (χ3v) is 5.80. The van der Waals surface area contributed by atoms with Crippen molar-refractivity contribution >= 4 is 0 Å². The van der Waals surface area contributed by atoms with E-state index >= 15 is 0 Å². The van der Waals surface area contributed by atoms with Gasteiger partial charge in [-0.3, -0.25) is 0 Å². The molecule has 0 saturated carbocycles. The van der Waals surface area contributed by atoms with E-state index in [0.29, 0.717) is 11.8 Å². The lowest BCUT2D eigenvalue weighted by Gasteiger charge is -2.33. The molecule has 0 unspecified atom stereocenters. The van der Waals surface area contributed by atoms with Crippen LogP contribution in [-0.2, 0) is 5.41 Å². The summed E-state index contributed by atoms with van der Waals surface area (Å²) in [5, 5.41) is 0. The van der Waals surface area contributed by atoms with Crippen molar-refractivity contribution in [1.29, 1.82) is 0 Å². The zero-order valence-corrected chi connectivity index (χ0v) is 13.7. The Kier molecular flexibility index (Phi) is 3.34. The molecule has 0 saturated heterocycles. The molecular weight excluding hydrogens is 276 g/mol. The Hall–Kier alpha value is -2.34. The van der Waals surface area contributed by atoms with Crippen molar-refractivity contribution in [3.63, 3.8) is 0 Å². The van der Waals surface area contributed by atoms with Gasteiger partial charge >= 0.3 is 0 Å². The van der Waals surface area contributed by atoms with Crippen LogP contribution in [0.4, 0.5) is 0 Å². The molecule has 4 rings (SSSR count). The monoisotopic (exact) mass is 298 g/mol. The third kappa shape index (κ3) is 2.05. The smallest absolute Gasteiger partial charge is 0.0212 e. The minimum Gasteiger partial charge on any atom is -0.0622 e. The van der Waals surface area contributed by atoms with E-state index in [1.54, 1.807) is 0 Å². The van der Waals surface area contributed by atoms with Crippen molar-refractivity contribution in [2.45, 2.75) is 25.2 Å². The fourth-order valence-corrected chi connectivity index (χ4v) is 4.42. The van der Waals surface area contributed by atoms with Crippen molar-refractivity contribution in [1.82, 2.24) is 0 Å². The topological polar surface area (TPSA) is 0 Å². The van der Waals surface area contributed by atoms with E-state index in [2.05, 4.69) is 98.8 Å². The highest BCUT2D eigenvalue weighted by Gasteiger charge is 2.47. The molecule has 0 bridgehead atoms. The van der Waals surface area contributed by atoms with Crippen LogP contribution in [0.5, 0.6) is 0 Å². The summed E-state index contributed by atoms with van der Waals surface area (Å²) in [4.78, 5) is 0. The Balaban J connectivity index is 1.94. The SMILES string of the molecule is C[C@H]1[C@H](c2ccccc2)c2ccccc2[C@]1(C)c1ccccc1. The van der Waals surface area contributed by atoms with Gasteiger partial charge in [0, 0.05) is 11.3 Å². The maximum Gasteiger partial charge on any atom is 0.0212 e. The van der Waals surface area contributed by atoms with Gasteiger partial charge < -0.3 is 0 Å². The molecule has 0 spiro atoms. The second-order valence-corrected chi connectivity index (χ2v) is 6.83. The van der Waals surface area contributed by atoms with E-state index in [1.165, 1.54) is 22.3 Å². The van der Waals surface area contributed by atoms with Gasteiger partial charge in [0.25, 0.3) is 0 Å². The maximum absolute atomic E-state index is 2.41. The number of rotatable bonds is 2. The van der Waals surface area contributed by atoms with Crippen LogP contribution in [0.1, 0.15) is 42.0 Å². The molecule has 3 aromatic carbocycles. The van der Waals surface area contributed by atoms with Crippen LogP contribution in [0.15, 0.2) is 84.9 Å². The van der Waals surface area contributed by atoms with Crippen LogP contribution in [0.25, 0.3) is 0 Å². The first-order valence-corrected chi connectivity index (χ1v) is 8.43. The number of fused-ring (bicyclic) bond motifs is 1. The molecule has 3 atom stereocenters. The van der Waals surface area contributed by atoms with Crippen LogP contribution < -0.4 is 0 Å². The van der Waals surface area contributed by atoms with Gasteiger partial charge in [-0.2, -0.15) is 0 Å². The second-order valence-electron chi connectivity index (χ2n) is 6.83. The first-order chi connectivity index (χ1) is 11.2. The summed E-state index contributed by atoms with van der Waals surface area (Å²) in [6.07, 6.45) is 0. The molecule has 0 amide bonds. The second kappa shape index (κ2) is 5.38. The Morgan fingerprint density at radius 1 is 0.696 bits per heavy atom. The van der Waals surface area contributed by atoms with Crippen LogP contribution in [0.2, 0.25) is 0 Å². The number of hydrogen-bond acceptors (Lipinski definition) is 0. The molecule has 1 aliphatic carbocycles. The van der Waals surface area contributed by atoms with Crippen molar-refractivity contribution in [3.8, 4) is 0 Å². The van der Waals surface area contributed by atoms with Crippen molar-refractivity contribution in [2.75, 3.05) is 0 Å².